The van der Waals surface area contributed by atoms with Gasteiger partial charge in [-0.1, -0.05) is 30.3 Å². The molecule has 0 saturated heterocycles. The van der Waals surface area contributed by atoms with Crippen molar-refractivity contribution in [3.05, 3.63) is 59.8 Å². The van der Waals surface area contributed by atoms with E-state index in [-0.39, 0.29) is 5.91 Å². The van der Waals surface area contributed by atoms with Crippen LogP contribution in [0.5, 0.6) is 5.88 Å². The van der Waals surface area contributed by atoms with E-state index in [4.69, 9.17) is 4.74 Å². The lowest BCUT2D eigenvalue weighted by Gasteiger charge is -2.26. The molecule has 0 spiro atoms. The highest BCUT2D eigenvalue weighted by molar-refractivity contribution is 6.00. The summed E-state index contributed by atoms with van der Waals surface area (Å²) in [7, 11) is 3.44. The minimum atomic E-state index is -0.394. The van der Waals surface area contributed by atoms with Gasteiger partial charge in [0.25, 0.3) is 5.91 Å². The Morgan fingerprint density at radius 3 is 2.64 bits per heavy atom. The van der Waals surface area contributed by atoms with Crippen molar-refractivity contribution < 1.29 is 9.53 Å². The second kappa shape index (κ2) is 6.59. The van der Waals surface area contributed by atoms with Crippen LogP contribution in [0.2, 0.25) is 0 Å². The summed E-state index contributed by atoms with van der Waals surface area (Å²) in [4.78, 5) is 17.3. The second-order valence-electron chi connectivity index (χ2n) is 6.89. The lowest BCUT2D eigenvalue weighted by atomic mass is 9.94. The molecule has 1 N–H and O–H groups in total. The van der Waals surface area contributed by atoms with E-state index in [1.165, 1.54) is 12.7 Å². The molecule has 0 radical (unpaired) electrons. The summed E-state index contributed by atoms with van der Waals surface area (Å²) in [6.45, 7) is 4.03. The first-order valence-electron chi connectivity index (χ1n) is 8.26. The number of benzene rings is 1. The maximum atomic E-state index is 12.8. The van der Waals surface area contributed by atoms with Crippen molar-refractivity contribution in [2.45, 2.75) is 25.8 Å². The highest BCUT2D eigenvalue weighted by Crippen LogP contribution is 2.23. The molecular formula is C20H23N3O2. The van der Waals surface area contributed by atoms with Gasteiger partial charge in [-0.05, 0) is 38.0 Å². The smallest absolute Gasteiger partial charge is 0.257 e. The summed E-state index contributed by atoms with van der Waals surface area (Å²) in [5, 5.41) is 4.01. The average Bonchev–Trinajstić information content (AvgIpc) is 2.94. The largest absolute Gasteiger partial charge is 0.480 e. The molecule has 2 heterocycles. The maximum Gasteiger partial charge on any atom is 0.257 e. The zero-order valence-corrected chi connectivity index (χ0v) is 15.0. The zero-order valence-electron chi connectivity index (χ0n) is 15.0. The van der Waals surface area contributed by atoms with Crippen LogP contribution in [0.3, 0.4) is 0 Å². The Kier molecular flexibility index (Phi) is 4.49. The number of carbonyl (C=O) groups excluding carboxylic acids is 1. The van der Waals surface area contributed by atoms with Gasteiger partial charge in [-0.15, -0.1) is 0 Å². The fourth-order valence-electron chi connectivity index (χ4n) is 3.01. The van der Waals surface area contributed by atoms with Crippen LogP contribution in [0.15, 0.2) is 48.7 Å². The molecule has 25 heavy (non-hydrogen) atoms. The van der Waals surface area contributed by atoms with Gasteiger partial charge in [0.05, 0.1) is 7.11 Å². The molecule has 0 bridgehead atoms. The third-order valence-corrected chi connectivity index (χ3v) is 4.19. The third kappa shape index (κ3) is 3.65. The number of nitrogens with one attached hydrogen (secondary N) is 1. The molecule has 0 saturated carbocycles. The number of pyridine rings is 1. The van der Waals surface area contributed by atoms with Crippen molar-refractivity contribution in [3.8, 4) is 5.88 Å². The highest BCUT2D eigenvalue weighted by atomic mass is 16.5. The third-order valence-electron chi connectivity index (χ3n) is 4.19. The zero-order chi connectivity index (χ0) is 18.0. The van der Waals surface area contributed by atoms with Crippen LogP contribution in [0.1, 0.15) is 29.8 Å². The molecule has 0 fully saturated rings. The Balaban J connectivity index is 1.86. The average molecular weight is 337 g/mol. The van der Waals surface area contributed by atoms with Crippen LogP contribution >= 0.6 is 0 Å². The van der Waals surface area contributed by atoms with Crippen LogP contribution in [0, 0.1) is 0 Å². The molecular weight excluding hydrogens is 314 g/mol. The minimum Gasteiger partial charge on any atom is -0.480 e. The number of amides is 1. The highest BCUT2D eigenvalue weighted by Gasteiger charge is 2.24. The van der Waals surface area contributed by atoms with Crippen LogP contribution < -0.4 is 10.1 Å². The maximum absolute atomic E-state index is 12.8. The lowest BCUT2D eigenvalue weighted by molar-refractivity contribution is 0.0909. The Morgan fingerprint density at radius 2 is 1.96 bits per heavy atom. The van der Waals surface area contributed by atoms with Crippen molar-refractivity contribution >= 4 is 16.9 Å². The van der Waals surface area contributed by atoms with Gasteiger partial charge >= 0.3 is 0 Å². The summed E-state index contributed by atoms with van der Waals surface area (Å²) in [6, 6.07) is 13.9. The fraction of sp³-hybridized carbons (Fsp3) is 0.300. The lowest BCUT2D eigenvalue weighted by Crippen LogP contribution is -2.45. The Bertz CT molecular complexity index is 898. The Hall–Kier alpha value is -2.82. The SMILES string of the molecule is COc1nc2c(ccn2C)cc1C(=O)NC(C)(C)Cc1ccccc1. The fourth-order valence-corrected chi connectivity index (χ4v) is 3.01. The van der Waals surface area contributed by atoms with E-state index in [2.05, 4.69) is 22.4 Å². The molecule has 0 unspecified atom stereocenters. The summed E-state index contributed by atoms with van der Waals surface area (Å²) >= 11 is 0. The molecule has 0 atom stereocenters. The number of nitrogens with zero attached hydrogens (tertiary/aromatic N) is 2. The van der Waals surface area contributed by atoms with Gasteiger partial charge in [0.1, 0.15) is 11.2 Å². The van der Waals surface area contributed by atoms with Gasteiger partial charge in [0, 0.05) is 24.2 Å². The minimum absolute atomic E-state index is 0.184. The first-order chi connectivity index (χ1) is 11.9. The normalized spacial score (nSPS) is 11.5. The standard InChI is InChI=1S/C20H23N3O2/c1-20(2,13-14-8-6-5-7-9-14)22-18(24)16-12-15-10-11-23(3)17(15)21-19(16)25-4/h5-12H,13H2,1-4H3,(H,22,24). The number of hydrogen-bond acceptors (Lipinski definition) is 3. The molecule has 5 nitrogen and oxygen atoms in total. The second-order valence-corrected chi connectivity index (χ2v) is 6.89. The van der Waals surface area contributed by atoms with Gasteiger partial charge in [0.15, 0.2) is 0 Å². The molecule has 3 rings (SSSR count). The van der Waals surface area contributed by atoms with Crippen LogP contribution in [-0.2, 0) is 13.5 Å². The molecule has 130 valence electrons. The van der Waals surface area contributed by atoms with Gasteiger partial charge in [-0.2, -0.15) is 4.98 Å². The summed E-state index contributed by atoms with van der Waals surface area (Å²) in [5.74, 6) is 0.151. The number of methoxy groups -OCH3 is 1. The first kappa shape index (κ1) is 17.0. The summed E-state index contributed by atoms with van der Waals surface area (Å²) in [5.41, 5.74) is 2.02. The van der Waals surface area contributed by atoms with E-state index >= 15 is 0 Å². The topological polar surface area (TPSA) is 56.2 Å². The van der Waals surface area contributed by atoms with Gasteiger partial charge in [-0.3, -0.25) is 4.79 Å². The van der Waals surface area contributed by atoms with Crippen LogP contribution in [0.4, 0.5) is 0 Å². The van der Waals surface area contributed by atoms with Gasteiger partial charge in [0.2, 0.25) is 5.88 Å². The predicted octanol–water partition coefficient (Wildman–Crippen LogP) is 3.33. The van der Waals surface area contributed by atoms with Gasteiger partial charge in [-0.25, -0.2) is 0 Å². The quantitative estimate of drug-likeness (QED) is 0.777. The number of rotatable bonds is 5. The number of carbonyl (C=O) groups is 1. The van der Waals surface area contributed by atoms with E-state index < -0.39 is 5.54 Å². The van der Waals surface area contributed by atoms with E-state index in [1.807, 2.05) is 62.0 Å². The Labute approximate surface area is 147 Å². The molecule has 0 aliphatic heterocycles. The molecule has 0 aliphatic carbocycles. The van der Waals surface area contributed by atoms with Crippen molar-refractivity contribution in [3.63, 3.8) is 0 Å². The molecule has 1 amide bonds. The predicted molar refractivity (Wildman–Crippen MR) is 99.0 cm³/mol. The van der Waals surface area contributed by atoms with E-state index in [1.54, 1.807) is 0 Å². The number of fused-ring (bicyclic) bond motifs is 1. The van der Waals surface area contributed by atoms with Crippen molar-refractivity contribution in [2.24, 2.45) is 7.05 Å². The summed E-state index contributed by atoms with van der Waals surface area (Å²) in [6.07, 6.45) is 2.65. The number of aryl methyl sites for hydroxylation is 1. The van der Waals surface area contributed by atoms with Gasteiger partial charge < -0.3 is 14.6 Å². The van der Waals surface area contributed by atoms with Crippen molar-refractivity contribution in [1.82, 2.24) is 14.9 Å². The molecule has 3 aromatic rings. The molecule has 1 aromatic carbocycles. The van der Waals surface area contributed by atoms with E-state index in [0.29, 0.717) is 11.4 Å². The number of hydrogen-bond donors (Lipinski definition) is 1. The van der Waals surface area contributed by atoms with Crippen LogP contribution in [0.25, 0.3) is 11.0 Å². The van der Waals surface area contributed by atoms with E-state index in [9.17, 15) is 4.79 Å². The van der Waals surface area contributed by atoms with Crippen LogP contribution in [-0.4, -0.2) is 28.1 Å². The first-order valence-corrected chi connectivity index (χ1v) is 8.26. The Morgan fingerprint density at radius 1 is 1.24 bits per heavy atom. The van der Waals surface area contributed by atoms with Crippen molar-refractivity contribution in [1.29, 1.82) is 0 Å². The monoisotopic (exact) mass is 337 g/mol. The number of ether oxygens (including phenoxy) is 1. The summed E-state index contributed by atoms with van der Waals surface area (Å²) < 4.78 is 7.25. The molecule has 5 heteroatoms. The van der Waals surface area contributed by atoms with Crippen molar-refractivity contribution in [2.75, 3.05) is 7.11 Å². The van der Waals surface area contributed by atoms with E-state index in [0.717, 1.165) is 17.5 Å². The molecule has 0 aliphatic rings. The molecule has 2 aromatic heterocycles. The number of aromatic nitrogens is 2.